The zero-order valence-corrected chi connectivity index (χ0v) is 13.6. The van der Waals surface area contributed by atoms with Crippen LogP contribution in [0.25, 0.3) is 10.8 Å². The van der Waals surface area contributed by atoms with E-state index in [0.29, 0.717) is 6.04 Å². The number of phenolic OH excluding ortho intramolecular Hbond substituents is 1. The van der Waals surface area contributed by atoms with E-state index in [9.17, 15) is 9.90 Å². The van der Waals surface area contributed by atoms with Gasteiger partial charge in [-0.1, -0.05) is 24.3 Å². The minimum atomic E-state index is -0.446. The van der Waals surface area contributed by atoms with Crippen molar-refractivity contribution in [3.63, 3.8) is 0 Å². The molecule has 0 spiro atoms. The van der Waals surface area contributed by atoms with E-state index < -0.39 is 5.91 Å². The molecule has 0 bridgehead atoms. The molecule has 1 heterocycles. The van der Waals surface area contributed by atoms with Gasteiger partial charge in [-0.05, 0) is 42.8 Å². The van der Waals surface area contributed by atoms with E-state index in [4.69, 9.17) is 0 Å². The number of hydrogen-bond acceptors (Lipinski definition) is 3. The summed E-state index contributed by atoms with van der Waals surface area (Å²) in [6, 6.07) is 13.1. The van der Waals surface area contributed by atoms with Crippen LogP contribution in [-0.4, -0.2) is 21.8 Å². The fraction of sp³-hybridized carbons (Fsp3) is 0.158. The summed E-state index contributed by atoms with van der Waals surface area (Å²) in [5, 5.41) is 15.8. The number of phenols is 1. The second kappa shape index (κ2) is 6.58. The molecular formula is C19H19N3O2. The maximum Gasteiger partial charge on any atom is 0.275 e. The molecule has 1 aromatic heterocycles. The summed E-state index contributed by atoms with van der Waals surface area (Å²) >= 11 is 0. The molecule has 3 aromatic rings. The third-order valence-electron chi connectivity index (χ3n) is 3.82. The summed E-state index contributed by atoms with van der Waals surface area (Å²) < 4.78 is 2.05. The number of nitrogens with one attached hydrogen (secondary N) is 1. The molecule has 122 valence electrons. The van der Waals surface area contributed by atoms with Gasteiger partial charge < -0.3 is 9.67 Å². The molecule has 0 unspecified atom stereocenters. The van der Waals surface area contributed by atoms with Crippen molar-refractivity contribution in [1.82, 2.24) is 9.99 Å². The molecule has 0 atom stereocenters. The van der Waals surface area contributed by atoms with Crippen molar-refractivity contribution in [2.45, 2.75) is 19.9 Å². The van der Waals surface area contributed by atoms with E-state index >= 15 is 0 Å². The maximum atomic E-state index is 12.2. The minimum Gasteiger partial charge on any atom is -0.507 e. The lowest BCUT2D eigenvalue weighted by atomic mass is 10.1. The van der Waals surface area contributed by atoms with Crippen molar-refractivity contribution in [3.8, 4) is 5.75 Å². The molecule has 0 fully saturated rings. The predicted octanol–water partition coefficient (Wildman–Crippen LogP) is 3.69. The van der Waals surface area contributed by atoms with Crippen molar-refractivity contribution >= 4 is 22.9 Å². The van der Waals surface area contributed by atoms with Gasteiger partial charge >= 0.3 is 0 Å². The molecule has 3 rings (SSSR count). The summed E-state index contributed by atoms with van der Waals surface area (Å²) in [4.78, 5) is 12.2. The van der Waals surface area contributed by atoms with Gasteiger partial charge in [-0.3, -0.25) is 4.79 Å². The number of rotatable bonds is 4. The van der Waals surface area contributed by atoms with Crippen LogP contribution in [0, 0.1) is 0 Å². The Morgan fingerprint density at radius 1 is 1.21 bits per heavy atom. The molecule has 0 aliphatic carbocycles. The Kier molecular flexibility index (Phi) is 4.33. The van der Waals surface area contributed by atoms with Crippen molar-refractivity contribution in [2.75, 3.05) is 0 Å². The van der Waals surface area contributed by atoms with Gasteiger partial charge in [0.1, 0.15) is 5.75 Å². The van der Waals surface area contributed by atoms with Crippen molar-refractivity contribution in [3.05, 3.63) is 66.0 Å². The summed E-state index contributed by atoms with van der Waals surface area (Å²) in [5.41, 5.74) is 3.55. The number of aromatic hydroxyl groups is 1. The third-order valence-corrected chi connectivity index (χ3v) is 3.82. The third kappa shape index (κ3) is 3.30. The highest BCUT2D eigenvalue weighted by molar-refractivity contribution is 6.01. The van der Waals surface area contributed by atoms with Gasteiger partial charge in [-0.2, -0.15) is 5.10 Å². The molecule has 0 aliphatic heterocycles. The Balaban J connectivity index is 1.74. The number of amides is 1. The quantitative estimate of drug-likeness (QED) is 0.568. The standard InChI is InChI=1S/C19H19N3O2/c1-13(2)22-8-7-14(12-22)11-20-21-19(24)17-9-15-5-3-4-6-16(15)10-18(17)23/h3-13,23H,1-2H3,(H,21,24)/b20-11-. The molecular weight excluding hydrogens is 302 g/mol. The lowest BCUT2D eigenvalue weighted by Crippen LogP contribution is -2.17. The van der Waals surface area contributed by atoms with Crippen LogP contribution in [-0.2, 0) is 0 Å². The van der Waals surface area contributed by atoms with Gasteiger partial charge in [0.15, 0.2) is 0 Å². The summed E-state index contributed by atoms with van der Waals surface area (Å²) in [5.74, 6) is -0.509. The summed E-state index contributed by atoms with van der Waals surface area (Å²) in [7, 11) is 0. The van der Waals surface area contributed by atoms with Gasteiger partial charge in [0.2, 0.25) is 0 Å². The highest BCUT2D eigenvalue weighted by atomic mass is 16.3. The minimum absolute atomic E-state index is 0.0626. The fourth-order valence-corrected chi connectivity index (χ4v) is 2.46. The van der Waals surface area contributed by atoms with Crippen LogP contribution in [0.1, 0.15) is 35.8 Å². The maximum absolute atomic E-state index is 12.2. The first-order valence-corrected chi connectivity index (χ1v) is 7.77. The van der Waals surface area contributed by atoms with Crippen molar-refractivity contribution in [1.29, 1.82) is 0 Å². The molecule has 24 heavy (non-hydrogen) atoms. The van der Waals surface area contributed by atoms with Crippen LogP contribution in [0.4, 0.5) is 0 Å². The van der Waals surface area contributed by atoms with E-state index in [-0.39, 0.29) is 11.3 Å². The van der Waals surface area contributed by atoms with Gasteiger partial charge in [0.25, 0.3) is 5.91 Å². The van der Waals surface area contributed by atoms with Crippen LogP contribution in [0.2, 0.25) is 0 Å². The Morgan fingerprint density at radius 3 is 2.58 bits per heavy atom. The molecule has 0 saturated heterocycles. The van der Waals surface area contributed by atoms with Crippen LogP contribution in [0.3, 0.4) is 0 Å². The van der Waals surface area contributed by atoms with E-state index in [0.717, 1.165) is 16.3 Å². The van der Waals surface area contributed by atoms with Crippen LogP contribution < -0.4 is 5.43 Å². The second-order valence-corrected chi connectivity index (χ2v) is 5.90. The molecule has 1 amide bonds. The lowest BCUT2D eigenvalue weighted by Gasteiger charge is -2.05. The SMILES string of the molecule is CC(C)n1ccc(/C=N\NC(=O)c2cc3ccccc3cc2O)c1. The lowest BCUT2D eigenvalue weighted by molar-refractivity contribution is 0.0952. The first-order chi connectivity index (χ1) is 11.5. The van der Waals surface area contributed by atoms with Gasteiger partial charge in [-0.15, -0.1) is 0 Å². The Bertz CT molecular complexity index is 910. The predicted molar refractivity (Wildman–Crippen MR) is 95.5 cm³/mol. The molecule has 0 radical (unpaired) electrons. The molecule has 0 aliphatic rings. The van der Waals surface area contributed by atoms with Gasteiger partial charge in [0, 0.05) is 24.0 Å². The Labute approximate surface area is 140 Å². The molecule has 2 N–H and O–H groups in total. The Morgan fingerprint density at radius 2 is 1.92 bits per heavy atom. The number of hydrazone groups is 1. The number of fused-ring (bicyclic) bond motifs is 1. The number of aromatic nitrogens is 1. The second-order valence-electron chi connectivity index (χ2n) is 5.90. The number of nitrogens with zero attached hydrogens (tertiary/aromatic N) is 2. The van der Waals surface area contributed by atoms with Crippen molar-refractivity contribution in [2.24, 2.45) is 5.10 Å². The topological polar surface area (TPSA) is 66.6 Å². The first-order valence-electron chi connectivity index (χ1n) is 7.77. The van der Waals surface area contributed by atoms with Crippen LogP contribution in [0.5, 0.6) is 5.75 Å². The van der Waals surface area contributed by atoms with E-state index in [2.05, 4.69) is 28.9 Å². The number of benzene rings is 2. The van der Waals surface area contributed by atoms with Gasteiger partial charge in [0.05, 0.1) is 11.8 Å². The van der Waals surface area contributed by atoms with Gasteiger partial charge in [-0.25, -0.2) is 5.43 Å². The molecule has 0 saturated carbocycles. The number of carbonyl (C=O) groups is 1. The normalized spacial score (nSPS) is 11.5. The molecule has 5 nitrogen and oxygen atoms in total. The van der Waals surface area contributed by atoms with Crippen LogP contribution in [0.15, 0.2) is 60.0 Å². The summed E-state index contributed by atoms with van der Waals surface area (Å²) in [6.45, 7) is 4.18. The van der Waals surface area contributed by atoms with E-state index in [1.807, 2.05) is 42.7 Å². The average Bonchev–Trinajstić information content (AvgIpc) is 3.03. The Hall–Kier alpha value is -3.08. The molecule has 5 heteroatoms. The number of carbonyl (C=O) groups excluding carboxylic acids is 1. The monoisotopic (exact) mass is 321 g/mol. The van der Waals surface area contributed by atoms with E-state index in [1.54, 1.807) is 18.3 Å². The number of hydrogen-bond donors (Lipinski definition) is 2. The first kappa shape index (κ1) is 15.8. The highest BCUT2D eigenvalue weighted by Gasteiger charge is 2.11. The van der Waals surface area contributed by atoms with Crippen LogP contribution >= 0.6 is 0 Å². The van der Waals surface area contributed by atoms with E-state index in [1.165, 1.54) is 0 Å². The zero-order valence-electron chi connectivity index (χ0n) is 13.6. The molecule has 2 aromatic carbocycles. The largest absolute Gasteiger partial charge is 0.507 e. The zero-order chi connectivity index (χ0) is 17.1. The highest BCUT2D eigenvalue weighted by Crippen LogP contribution is 2.24. The smallest absolute Gasteiger partial charge is 0.275 e. The van der Waals surface area contributed by atoms with Crippen molar-refractivity contribution < 1.29 is 9.90 Å². The summed E-state index contributed by atoms with van der Waals surface area (Å²) in [6.07, 6.45) is 5.49. The average molecular weight is 321 g/mol. The fourth-order valence-electron chi connectivity index (χ4n) is 2.46.